The number of aromatic nitrogens is 2. The van der Waals surface area contributed by atoms with Crippen molar-refractivity contribution in [1.82, 2.24) is 9.78 Å². The van der Waals surface area contributed by atoms with Crippen LogP contribution in [0.4, 0.5) is 11.4 Å². The van der Waals surface area contributed by atoms with Gasteiger partial charge in [-0.3, -0.25) is 4.79 Å². The average molecular weight is 405 g/mol. The number of nitrogens with one attached hydrogen (secondary N) is 1. The molecule has 1 amide bonds. The van der Waals surface area contributed by atoms with Crippen LogP contribution in [0.25, 0.3) is 5.69 Å². The molecule has 3 aromatic rings. The topological polar surface area (TPSA) is 59.4 Å². The van der Waals surface area contributed by atoms with E-state index < -0.39 is 0 Å². The monoisotopic (exact) mass is 404 g/mol. The number of ether oxygens (including phenoxy) is 1. The lowest BCUT2D eigenvalue weighted by molar-refractivity contribution is -0.116. The molecule has 1 fully saturated rings. The summed E-state index contributed by atoms with van der Waals surface area (Å²) in [5.74, 6) is 0.00354. The molecule has 1 aromatic heterocycles. The van der Waals surface area contributed by atoms with Gasteiger partial charge in [0.05, 0.1) is 24.1 Å². The van der Waals surface area contributed by atoms with E-state index in [1.165, 1.54) is 0 Å². The Morgan fingerprint density at radius 2 is 1.73 bits per heavy atom. The summed E-state index contributed by atoms with van der Waals surface area (Å²) < 4.78 is 7.63. The smallest absolute Gasteiger partial charge is 0.224 e. The molecule has 2 unspecified atom stereocenters. The van der Waals surface area contributed by atoms with Gasteiger partial charge in [0.1, 0.15) is 0 Å². The maximum atomic E-state index is 12.4. The lowest BCUT2D eigenvalue weighted by Gasteiger charge is -2.36. The molecule has 0 radical (unpaired) electrons. The summed E-state index contributed by atoms with van der Waals surface area (Å²) in [4.78, 5) is 14.7. The molecule has 6 heteroatoms. The molecule has 30 heavy (non-hydrogen) atoms. The quantitative estimate of drug-likeness (QED) is 0.673. The summed E-state index contributed by atoms with van der Waals surface area (Å²) in [7, 11) is 0. The van der Waals surface area contributed by atoms with Gasteiger partial charge in [0.2, 0.25) is 5.91 Å². The van der Waals surface area contributed by atoms with Crippen molar-refractivity contribution in [3.05, 3.63) is 72.6 Å². The maximum absolute atomic E-state index is 12.4. The van der Waals surface area contributed by atoms with E-state index in [1.807, 2.05) is 59.5 Å². The first kappa shape index (κ1) is 20.2. The fraction of sp³-hybridized carbons (Fsp3) is 0.333. The van der Waals surface area contributed by atoms with Crippen LogP contribution in [0.15, 0.2) is 67.0 Å². The van der Waals surface area contributed by atoms with E-state index in [-0.39, 0.29) is 18.1 Å². The van der Waals surface area contributed by atoms with Crippen LogP contribution in [-0.4, -0.2) is 41.0 Å². The lowest BCUT2D eigenvalue weighted by atomic mass is 10.1. The van der Waals surface area contributed by atoms with Crippen molar-refractivity contribution >= 4 is 17.3 Å². The highest BCUT2D eigenvalue weighted by molar-refractivity contribution is 5.91. The third-order valence-corrected chi connectivity index (χ3v) is 5.23. The SMILES string of the molecule is CC1CN(c2ccc(NC(=O)CCc3cnn(-c4ccccc4)c3)cc2)CC(C)O1. The van der Waals surface area contributed by atoms with Gasteiger partial charge in [-0.2, -0.15) is 5.10 Å². The number of hydrogen-bond acceptors (Lipinski definition) is 4. The van der Waals surface area contributed by atoms with Crippen molar-refractivity contribution in [3.8, 4) is 5.69 Å². The van der Waals surface area contributed by atoms with Gasteiger partial charge in [0.15, 0.2) is 0 Å². The van der Waals surface area contributed by atoms with Crippen molar-refractivity contribution in [2.75, 3.05) is 23.3 Å². The zero-order valence-electron chi connectivity index (χ0n) is 17.5. The van der Waals surface area contributed by atoms with E-state index in [4.69, 9.17) is 4.74 Å². The van der Waals surface area contributed by atoms with Crippen molar-refractivity contribution in [2.24, 2.45) is 0 Å². The largest absolute Gasteiger partial charge is 0.372 e. The van der Waals surface area contributed by atoms with Gasteiger partial charge in [0.25, 0.3) is 0 Å². The van der Waals surface area contributed by atoms with Crippen LogP contribution in [0.2, 0.25) is 0 Å². The summed E-state index contributed by atoms with van der Waals surface area (Å²) in [6.07, 6.45) is 5.31. The van der Waals surface area contributed by atoms with E-state index in [9.17, 15) is 4.79 Å². The first-order chi connectivity index (χ1) is 14.6. The molecule has 4 rings (SSSR count). The number of para-hydroxylation sites is 1. The van der Waals surface area contributed by atoms with E-state index in [0.29, 0.717) is 12.8 Å². The van der Waals surface area contributed by atoms with E-state index in [1.54, 1.807) is 0 Å². The normalized spacial score (nSPS) is 18.9. The van der Waals surface area contributed by atoms with Gasteiger partial charge in [-0.05, 0) is 62.2 Å². The zero-order chi connectivity index (χ0) is 20.9. The van der Waals surface area contributed by atoms with Gasteiger partial charge >= 0.3 is 0 Å². The van der Waals surface area contributed by atoms with Crippen molar-refractivity contribution in [2.45, 2.75) is 38.9 Å². The van der Waals surface area contributed by atoms with Gasteiger partial charge in [-0.25, -0.2) is 4.68 Å². The standard InChI is InChI=1S/C24H28N4O2/c1-18-15-27(16-19(2)30-18)22-11-9-21(10-12-22)26-24(29)13-8-20-14-25-28(17-20)23-6-4-3-5-7-23/h3-7,9-12,14,17-19H,8,13,15-16H2,1-2H3,(H,26,29). The minimum absolute atomic E-state index is 0.00354. The predicted octanol–water partition coefficient (Wildman–Crippen LogP) is 4.06. The molecule has 1 saturated heterocycles. The van der Waals surface area contributed by atoms with E-state index in [0.717, 1.165) is 35.7 Å². The molecule has 0 saturated carbocycles. The number of anilines is 2. The van der Waals surface area contributed by atoms with Crippen molar-refractivity contribution in [3.63, 3.8) is 0 Å². The third-order valence-electron chi connectivity index (χ3n) is 5.23. The summed E-state index contributed by atoms with van der Waals surface area (Å²) in [5.41, 5.74) is 4.03. The van der Waals surface area contributed by atoms with Crippen molar-refractivity contribution in [1.29, 1.82) is 0 Å². The van der Waals surface area contributed by atoms with Gasteiger partial charge in [-0.1, -0.05) is 18.2 Å². The minimum atomic E-state index is 0.00354. The zero-order valence-corrected chi connectivity index (χ0v) is 17.5. The molecule has 0 spiro atoms. The molecule has 2 heterocycles. The first-order valence-electron chi connectivity index (χ1n) is 10.5. The van der Waals surface area contributed by atoms with Crippen LogP contribution in [0.1, 0.15) is 25.8 Å². The molecule has 1 aliphatic rings. The second-order valence-electron chi connectivity index (χ2n) is 7.89. The number of carbonyl (C=O) groups excluding carboxylic acids is 1. The minimum Gasteiger partial charge on any atom is -0.372 e. The third kappa shape index (κ3) is 5.07. The summed E-state index contributed by atoms with van der Waals surface area (Å²) >= 11 is 0. The molecule has 0 aliphatic carbocycles. The fourth-order valence-corrected chi connectivity index (χ4v) is 3.84. The Labute approximate surface area is 177 Å². The molecule has 1 aliphatic heterocycles. The fourth-order valence-electron chi connectivity index (χ4n) is 3.84. The Hall–Kier alpha value is -3.12. The lowest BCUT2D eigenvalue weighted by Crippen LogP contribution is -2.45. The molecular weight excluding hydrogens is 376 g/mol. The summed E-state index contributed by atoms with van der Waals surface area (Å²) in [6, 6.07) is 18.0. The molecule has 156 valence electrons. The highest BCUT2D eigenvalue weighted by Gasteiger charge is 2.22. The van der Waals surface area contributed by atoms with Crippen LogP contribution in [0.3, 0.4) is 0 Å². The highest BCUT2D eigenvalue weighted by atomic mass is 16.5. The Kier molecular flexibility index (Phi) is 6.14. The second kappa shape index (κ2) is 9.13. The van der Waals surface area contributed by atoms with Crippen LogP contribution in [0, 0.1) is 0 Å². The number of carbonyl (C=O) groups is 1. The van der Waals surface area contributed by atoms with Crippen molar-refractivity contribution < 1.29 is 9.53 Å². The number of hydrogen-bond donors (Lipinski definition) is 1. The van der Waals surface area contributed by atoms with Gasteiger partial charge in [0, 0.05) is 37.1 Å². The summed E-state index contributed by atoms with van der Waals surface area (Å²) in [5, 5.41) is 7.37. The molecule has 6 nitrogen and oxygen atoms in total. The Morgan fingerprint density at radius 1 is 1.03 bits per heavy atom. The molecule has 0 bridgehead atoms. The Balaban J connectivity index is 1.29. The number of nitrogens with zero attached hydrogens (tertiary/aromatic N) is 3. The highest BCUT2D eigenvalue weighted by Crippen LogP contribution is 2.22. The van der Waals surface area contributed by atoms with Gasteiger partial charge in [-0.15, -0.1) is 0 Å². The van der Waals surface area contributed by atoms with Gasteiger partial charge < -0.3 is 15.0 Å². The molecule has 2 atom stereocenters. The molecule has 2 aromatic carbocycles. The number of benzene rings is 2. The first-order valence-corrected chi connectivity index (χ1v) is 10.5. The number of morpholine rings is 1. The van der Waals surface area contributed by atoms with Crippen LogP contribution in [-0.2, 0) is 16.0 Å². The van der Waals surface area contributed by atoms with E-state index >= 15 is 0 Å². The number of rotatable bonds is 6. The Bertz CT molecular complexity index is 958. The van der Waals surface area contributed by atoms with E-state index in [2.05, 4.69) is 41.3 Å². The number of aryl methyl sites for hydroxylation is 1. The van der Waals surface area contributed by atoms with Crippen LogP contribution in [0.5, 0.6) is 0 Å². The second-order valence-corrected chi connectivity index (χ2v) is 7.89. The maximum Gasteiger partial charge on any atom is 0.224 e. The molecule has 1 N–H and O–H groups in total. The Morgan fingerprint density at radius 3 is 2.43 bits per heavy atom. The average Bonchev–Trinajstić information content (AvgIpc) is 3.22. The van der Waals surface area contributed by atoms with Crippen LogP contribution < -0.4 is 10.2 Å². The molecular formula is C24H28N4O2. The summed E-state index contributed by atoms with van der Waals surface area (Å²) in [6.45, 7) is 5.96. The van der Waals surface area contributed by atoms with Crippen LogP contribution >= 0.6 is 0 Å². The predicted molar refractivity (Wildman–Crippen MR) is 119 cm³/mol. The number of amides is 1.